The molecule has 5 heteroatoms. The van der Waals surface area contributed by atoms with E-state index in [1.165, 1.54) is 0 Å². The molecule has 0 atom stereocenters. The lowest BCUT2D eigenvalue weighted by atomic mass is 10.1. The second kappa shape index (κ2) is 5.00. The third-order valence-electron chi connectivity index (χ3n) is 2.75. The number of fused-ring (bicyclic) bond motifs is 1. The summed E-state index contributed by atoms with van der Waals surface area (Å²) < 4.78 is 16.0. The van der Waals surface area contributed by atoms with Gasteiger partial charge in [-0.3, -0.25) is 0 Å². The molecule has 1 aromatic heterocycles. The summed E-state index contributed by atoms with van der Waals surface area (Å²) in [6.45, 7) is 0. The number of aromatic nitrogens is 1. The third kappa shape index (κ3) is 1.88. The smallest absolute Gasteiger partial charge is 0.204 e. The average Bonchev–Trinajstić information content (AvgIpc) is 2.44. The van der Waals surface area contributed by atoms with E-state index < -0.39 is 0 Å². The van der Waals surface area contributed by atoms with Crippen molar-refractivity contribution in [1.82, 2.24) is 4.98 Å². The van der Waals surface area contributed by atoms with Gasteiger partial charge in [0.05, 0.1) is 26.8 Å². The number of nitrogens with one attached hydrogen (secondary N) is 1. The van der Waals surface area contributed by atoms with Gasteiger partial charge in [0.1, 0.15) is 5.82 Å². The molecule has 0 bridgehead atoms. The van der Waals surface area contributed by atoms with Gasteiger partial charge in [0.25, 0.3) is 0 Å². The van der Waals surface area contributed by atoms with E-state index in [1.807, 2.05) is 25.2 Å². The molecule has 0 unspecified atom stereocenters. The maximum atomic E-state index is 5.40. The van der Waals surface area contributed by atoms with E-state index in [0.29, 0.717) is 17.2 Å². The van der Waals surface area contributed by atoms with Crippen LogP contribution >= 0.6 is 0 Å². The van der Waals surface area contributed by atoms with E-state index >= 15 is 0 Å². The molecule has 0 saturated heterocycles. The maximum absolute atomic E-state index is 5.40. The van der Waals surface area contributed by atoms with E-state index in [2.05, 4.69) is 10.3 Å². The number of benzene rings is 1. The Morgan fingerprint density at radius 2 is 1.72 bits per heavy atom. The standard InChI is InChI=1S/C13H16N2O3/c1-14-11-6-5-8-9(15-11)7-10(16-2)13(18-4)12(8)17-3/h5-7H,1-4H3,(H,14,15). The van der Waals surface area contributed by atoms with E-state index in [9.17, 15) is 0 Å². The number of methoxy groups -OCH3 is 3. The van der Waals surface area contributed by atoms with Gasteiger partial charge in [0, 0.05) is 18.5 Å². The molecule has 0 aliphatic carbocycles. The minimum atomic E-state index is 0.575. The van der Waals surface area contributed by atoms with Crippen molar-refractivity contribution in [2.45, 2.75) is 0 Å². The summed E-state index contributed by atoms with van der Waals surface area (Å²) >= 11 is 0. The summed E-state index contributed by atoms with van der Waals surface area (Å²) in [6, 6.07) is 5.66. The van der Waals surface area contributed by atoms with Crippen molar-refractivity contribution in [3.8, 4) is 17.2 Å². The van der Waals surface area contributed by atoms with Gasteiger partial charge in [-0.25, -0.2) is 4.98 Å². The quantitative estimate of drug-likeness (QED) is 0.899. The predicted octanol–water partition coefficient (Wildman–Crippen LogP) is 2.30. The fraction of sp³-hybridized carbons (Fsp3) is 0.308. The van der Waals surface area contributed by atoms with Crippen molar-refractivity contribution in [3.63, 3.8) is 0 Å². The van der Waals surface area contributed by atoms with Crippen LogP contribution in [0.2, 0.25) is 0 Å². The molecule has 0 aliphatic rings. The SMILES string of the molecule is CNc1ccc2c(OC)c(OC)c(OC)cc2n1. The largest absolute Gasteiger partial charge is 0.493 e. The summed E-state index contributed by atoms with van der Waals surface area (Å²) in [5.74, 6) is 2.59. The van der Waals surface area contributed by atoms with Gasteiger partial charge in [-0.15, -0.1) is 0 Å². The minimum absolute atomic E-state index is 0.575. The first-order valence-electron chi connectivity index (χ1n) is 5.52. The zero-order chi connectivity index (χ0) is 13.1. The van der Waals surface area contributed by atoms with Gasteiger partial charge < -0.3 is 19.5 Å². The van der Waals surface area contributed by atoms with E-state index in [4.69, 9.17) is 14.2 Å². The first kappa shape index (κ1) is 12.3. The van der Waals surface area contributed by atoms with Crippen LogP contribution in [0.3, 0.4) is 0 Å². The molecule has 0 saturated carbocycles. The highest BCUT2D eigenvalue weighted by Gasteiger charge is 2.16. The lowest BCUT2D eigenvalue weighted by Crippen LogP contribution is -1.98. The number of hydrogen-bond donors (Lipinski definition) is 1. The number of pyridine rings is 1. The Kier molecular flexibility index (Phi) is 3.41. The Balaban J connectivity index is 2.78. The molecule has 0 amide bonds. The molecule has 0 spiro atoms. The Morgan fingerprint density at radius 1 is 1.00 bits per heavy atom. The van der Waals surface area contributed by atoms with Gasteiger partial charge in [0.2, 0.25) is 5.75 Å². The van der Waals surface area contributed by atoms with Crippen LogP contribution in [-0.4, -0.2) is 33.4 Å². The molecule has 0 fully saturated rings. The lowest BCUT2D eigenvalue weighted by Gasteiger charge is -2.14. The number of rotatable bonds is 4. The second-order valence-corrected chi connectivity index (χ2v) is 3.66. The number of nitrogens with zero attached hydrogens (tertiary/aromatic N) is 1. The van der Waals surface area contributed by atoms with Gasteiger partial charge in [-0.2, -0.15) is 0 Å². The Bertz CT molecular complexity index is 570. The number of hydrogen-bond acceptors (Lipinski definition) is 5. The lowest BCUT2D eigenvalue weighted by molar-refractivity contribution is 0.327. The normalized spacial score (nSPS) is 10.2. The Labute approximate surface area is 106 Å². The van der Waals surface area contributed by atoms with Crippen molar-refractivity contribution in [2.75, 3.05) is 33.7 Å². The predicted molar refractivity (Wildman–Crippen MR) is 70.9 cm³/mol. The van der Waals surface area contributed by atoms with Crippen molar-refractivity contribution in [3.05, 3.63) is 18.2 Å². The molecule has 2 rings (SSSR count). The molecule has 0 aliphatic heterocycles. The Hall–Kier alpha value is -2.17. The summed E-state index contributed by atoms with van der Waals surface area (Å²) in [4.78, 5) is 4.46. The van der Waals surface area contributed by atoms with Crippen LogP contribution in [0.4, 0.5) is 5.82 Å². The second-order valence-electron chi connectivity index (χ2n) is 3.66. The van der Waals surface area contributed by atoms with E-state index in [0.717, 1.165) is 16.7 Å². The Morgan fingerprint density at radius 3 is 2.28 bits per heavy atom. The third-order valence-corrected chi connectivity index (χ3v) is 2.75. The zero-order valence-corrected chi connectivity index (χ0v) is 10.9. The molecule has 1 N–H and O–H groups in total. The van der Waals surface area contributed by atoms with Gasteiger partial charge >= 0.3 is 0 Å². The summed E-state index contributed by atoms with van der Waals surface area (Å²) in [5, 5.41) is 3.88. The molecule has 18 heavy (non-hydrogen) atoms. The topological polar surface area (TPSA) is 52.6 Å². The van der Waals surface area contributed by atoms with Crippen LogP contribution in [0.15, 0.2) is 18.2 Å². The van der Waals surface area contributed by atoms with Gasteiger partial charge in [0.15, 0.2) is 11.5 Å². The first-order valence-corrected chi connectivity index (χ1v) is 5.52. The van der Waals surface area contributed by atoms with Gasteiger partial charge in [-0.05, 0) is 12.1 Å². The molecule has 1 aromatic carbocycles. The summed E-state index contributed by atoms with van der Waals surface area (Å²) in [5.41, 5.74) is 0.788. The molecule has 0 radical (unpaired) electrons. The monoisotopic (exact) mass is 248 g/mol. The van der Waals surface area contributed by atoms with E-state index in [1.54, 1.807) is 21.3 Å². The van der Waals surface area contributed by atoms with Crippen molar-refractivity contribution in [1.29, 1.82) is 0 Å². The van der Waals surface area contributed by atoms with Crippen molar-refractivity contribution >= 4 is 16.7 Å². The number of anilines is 1. The van der Waals surface area contributed by atoms with Crippen molar-refractivity contribution < 1.29 is 14.2 Å². The average molecular weight is 248 g/mol. The highest BCUT2D eigenvalue weighted by molar-refractivity contribution is 5.91. The first-order chi connectivity index (χ1) is 8.74. The molecular formula is C13H16N2O3. The van der Waals surface area contributed by atoms with E-state index in [-0.39, 0.29) is 0 Å². The minimum Gasteiger partial charge on any atom is -0.493 e. The fourth-order valence-electron chi connectivity index (χ4n) is 1.89. The van der Waals surface area contributed by atoms with Crippen LogP contribution in [-0.2, 0) is 0 Å². The van der Waals surface area contributed by atoms with Crippen LogP contribution in [0.1, 0.15) is 0 Å². The van der Waals surface area contributed by atoms with Gasteiger partial charge in [-0.1, -0.05) is 0 Å². The highest BCUT2D eigenvalue weighted by Crippen LogP contribution is 2.42. The van der Waals surface area contributed by atoms with Crippen molar-refractivity contribution in [2.24, 2.45) is 0 Å². The zero-order valence-electron chi connectivity index (χ0n) is 10.9. The molecule has 2 aromatic rings. The molecule has 1 heterocycles. The summed E-state index contributed by atoms with van der Waals surface area (Å²) in [6.07, 6.45) is 0. The molecular weight excluding hydrogens is 232 g/mol. The van der Waals surface area contributed by atoms with Crippen LogP contribution in [0.5, 0.6) is 17.2 Å². The van der Waals surface area contributed by atoms with Crippen LogP contribution < -0.4 is 19.5 Å². The number of ether oxygens (including phenoxy) is 3. The fourth-order valence-corrected chi connectivity index (χ4v) is 1.89. The maximum Gasteiger partial charge on any atom is 0.204 e. The molecule has 5 nitrogen and oxygen atoms in total. The molecule has 96 valence electrons. The van der Waals surface area contributed by atoms with Crippen LogP contribution in [0, 0.1) is 0 Å². The summed E-state index contributed by atoms with van der Waals surface area (Å²) in [7, 11) is 6.60. The highest BCUT2D eigenvalue weighted by atomic mass is 16.5. The van der Waals surface area contributed by atoms with Crippen LogP contribution in [0.25, 0.3) is 10.9 Å².